The molecule has 1 atom stereocenters. The highest BCUT2D eigenvalue weighted by Crippen LogP contribution is 2.43. The zero-order valence-electron chi connectivity index (χ0n) is 17.2. The monoisotopic (exact) mass is 513 g/mol. The second-order valence-corrected chi connectivity index (χ2v) is 11.1. The molecule has 10 nitrogen and oxygen atoms in total. The molecular formula is C19H17FN3O7PS2. The third kappa shape index (κ3) is 5.68. The number of aromatic nitrogens is 1. The summed E-state index contributed by atoms with van der Waals surface area (Å²) in [5.74, 6) is -0.470. The van der Waals surface area contributed by atoms with Crippen molar-refractivity contribution in [1.82, 2.24) is 9.71 Å². The van der Waals surface area contributed by atoms with Gasteiger partial charge in [0.2, 0.25) is 0 Å². The number of sulfonamides is 1. The second kappa shape index (κ2) is 9.86. The number of hydrogen-bond acceptors (Lipinski definition) is 9. The first-order chi connectivity index (χ1) is 15.6. The van der Waals surface area contributed by atoms with Gasteiger partial charge >= 0.3 is 7.60 Å². The summed E-state index contributed by atoms with van der Waals surface area (Å²) in [6, 6.07) is 9.59. The summed E-state index contributed by atoms with van der Waals surface area (Å²) >= 11 is 0.813. The highest BCUT2D eigenvalue weighted by Gasteiger charge is 2.27. The molecule has 2 aromatic carbocycles. The maximum atomic E-state index is 13.7. The smallest absolute Gasteiger partial charge is 0.391 e. The van der Waals surface area contributed by atoms with Gasteiger partial charge in [-0.15, -0.1) is 11.3 Å². The SMILES string of the molecule is COc1cccc(-c2ncc(S(=O)(=O)NCP(=O)(O)Oc3ccc(C#N)c(F)c3)s2)c1OC. The minimum absolute atomic E-state index is 0.216. The number of para-hydroxylation sites is 1. The van der Waals surface area contributed by atoms with Crippen molar-refractivity contribution in [1.29, 1.82) is 5.26 Å². The van der Waals surface area contributed by atoms with Crippen molar-refractivity contribution in [3.63, 3.8) is 0 Å². The minimum atomic E-state index is -4.54. The summed E-state index contributed by atoms with van der Waals surface area (Å²) < 4.78 is 68.3. The first-order valence-corrected chi connectivity index (χ1v) is 13.0. The summed E-state index contributed by atoms with van der Waals surface area (Å²) in [5.41, 5.74) is 0.229. The van der Waals surface area contributed by atoms with Crippen LogP contribution in [-0.4, -0.2) is 38.8 Å². The van der Waals surface area contributed by atoms with Crippen LogP contribution in [0.5, 0.6) is 17.2 Å². The number of nitrogens with one attached hydrogen (secondary N) is 1. The molecule has 1 aromatic heterocycles. The number of nitrogens with zero attached hydrogens (tertiary/aromatic N) is 2. The Hall–Kier alpha value is -3.01. The molecule has 0 radical (unpaired) electrons. The van der Waals surface area contributed by atoms with Crippen molar-refractivity contribution < 1.29 is 36.3 Å². The number of benzene rings is 2. The van der Waals surface area contributed by atoms with E-state index in [0.717, 1.165) is 35.7 Å². The van der Waals surface area contributed by atoms with Crippen LogP contribution in [0.4, 0.5) is 4.39 Å². The van der Waals surface area contributed by atoms with Gasteiger partial charge in [-0.25, -0.2) is 22.4 Å². The topological polar surface area (TPSA) is 148 Å². The first kappa shape index (κ1) is 24.6. The minimum Gasteiger partial charge on any atom is -0.493 e. The lowest BCUT2D eigenvalue weighted by molar-refractivity contribution is 0.356. The van der Waals surface area contributed by atoms with Crippen LogP contribution in [0.3, 0.4) is 0 Å². The van der Waals surface area contributed by atoms with E-state index in [2.05, 4.69) is 4.98 Å². The molecule has 0 spiro atoms. The average Bonchev–Trinajstić information content (AvgIpc) is 3.28. The van der Waals surface area contributed by atoms with E-state index in [0.29, 0.717) is 22.1 Å². The summed E-state index contributed by atoms with van der Waals surface area (Å²) in [7, 11) is -5.86. The quantitative estimate of drug-likeness (QED) is 0.411. The molecule has 0 fully saturated rings. The third-order valence-electron chi connectivity index (χ3n) is 4.15. The van der Waals surface area contributed by atoms with Crippen LogP contribution in [0.2, 0.25) is 0 Å². The van der Waals surface area contributed by atoms with Crippen LogP contribution in [-0.2, 0) is 14.6 Å². The maximum Gasteiger partial charge on any atom is 0.391 e. The van der Waals surface area contributed by atoms with Gasteiger partial charge in [0.1, 0.15) is 28.9 Å². The standard InChI is InChI=1S/C19H17FN3O7PS2/c1-28-16-5-3-4-14(18(16)29-2)19-22-10-17(32-19)33(26,27)23-11-31(24,25)30-13-7-6-12(9-21)15(20)8-13/h3-8,10,23H,11H2,1-2H3,(H,24,25). The Morgan fingerprint density at radius 3 is 2.67 bits per heavy atom. The molecule has 1 unspecified atom stereocenters. The van der Waals surface area contributed by atoms with Crippen LogP contribution in [0.1, 0.15) is 5.56 Å². The van der Waals surface area contributed by atoms with E-state index in [1.54, 1.807) is 24.3 Å². The fourth-order valence-corrected chi connectivity index (χ4v) is 6.34. The molecule has 0 aliphatic carbocycles. The lowest BCUT2D eigenvalue weighted by Gasteiger charge is -2.14. The zero-order chi connectivity index (χ0) is 24.2. The molecule has 2 N–H and O–H groups in total. The summed E-state index contributed by atoms with van der Waals surface area (Å²) in [6.07, 6.45) is 0.118. The van der Waals surface area contributed by atoms with Crippen LogP contribution in [0, 0.1) is 17.1 Å². The number of halogens is 1. The molecule has 33 heavy (non-hydrogen) atoms. The summed E-state index contributed by atoms with van der Waals surface area (Å²) in [4.78, 5) is 14.1. The highest BCUT2D eigenvalue weighted by molar-refractivity contribution is 7.92. The molecule has 14 heteroatoms. The molecule has 0 bridgehead atoms. The summed E-state index contributed by atoms with van der Waals surface area (Å²) in [5, 5.41) is 9.05. The normalized spacial score (nSPS) is 13.1. The molecule has 0 amide bonds. The van der Waals surface area contributed by atoms with Crippen molar-refractivity contribution in [3.8, 4) is 33.9 Å². The van der Waals surface area contributed by atoms with Crippen molar-refractivity contribution in [2.45, 2.75) is 4.21 Å². The van der Waals surface area contributed by atoms with Gasteiger partial charge in [-0.05, 0) is 24.3 Å². The van der Waals surface area contributed by atoms with Gasteiger partial charge in [-0.2, -0.15) is 9.98 Å². The molecule has 1 heterocycles. The molecule has 174 valence electrons. The molecular weight excluding hydrogens is 496 g/mol. The lowest BCUT2D eigenvalue weighted by atomic mass is 10.2. The molecule has 0 aliphatic heterocycles. The van der Waals surface area contributed by atoms with Crippen LogP contribution < -0.4 is 18.7 Å². The number of methoxy groups -OCH3 is 2. The fourth-order valence-electron chi connectivity index (χ4n) is 2.64. The van der Waals surface area contributed by atoms with E-state index < -0.39 is 29.7 Å². The fraction of sp³-hybridized carbons (Fsp3) is 0.158. The number of hydrogen-bond donors (Lipinski definition) is 2. The number of ether oxygens (including phenoxy) is 2. The number of thiazole rings is 1. The van der Waals surface area contributed by atoms with Gasteiger partial charge in [0.15, 0.2) is 15.7 Å². The van der Waals surface area contributed by atoms with E-state index in [9.17, 15) is 22.3 Å². The second-order valence-electron chi connectivity index (χ2n) is 6.31. The van der Waals surface area contributed by atoms with Gasteiger partial charge in [0, 0.05) is 6.07 Å². The van der Waals surface area contributed by atoms with E-state index in [1.165, 1.54) is 14.2 Å². The third-order valence-corrected chi connectivity index (χ3v) is 8.31. The average molecular weight is 513 g/mol. The largest absolute Gasteiger partial charge is 0.493 e. The molecule has 0 aliphatic rings. The Morgan fingerprint density at radius 1 is 1.27 bits per heavy atom. The predicted octanol–water partition coefficient (Wildman–Crippen LogP) is 3.34. The van der Waals surface area contributed by atoms with Gasteiger partial charge < -0.3 is 18.9 Å². The first-order valence-electron chi connectivity index (χ1n) is 8.98. The maximum absolute atomic E-state index is 13.7. The van der Waals surface area contributed by atoms with Gasteiger partial charge in [0.25, 0.3) is 10.0 Å². The van der Waals surface area contributed by atoms with Crippen molar-refractivity contribution in [3.05, 3.63) is 54.0 Å². The van der Waals surface area contributed by atoms with Gasteiger partial charge in [-0.3, -0.25) is 0 Å². The van der Waals surface area contributed by atoms with Crippen LogP contribution >= 0.6 is 18.9 Å². The zero-order valence-corrected chi connectivity index (χ0v) is 19.7. The Bertz CT molecular complexity index is 1370. The highest BCUT2D eigenvalue weighted by atomic mass is 32.2. The van der Waals surface area contributed by atoms with Crippen molar-refractivity contribution in [2.75, 3.05) is 20.5 Å². The predicted molar refractivity (Wildman–Crippen MR) is 117 cm³/mol. The molecule has 0 saturated carbocycles. The van der Waals surface area contributed by atoms with Crippen LogP contribution in [0.25, 0.3) is 10.6 Å². The number of rotatable bonds is 9. The van der Waals surface area contributed by atoms with Gasteiger partial charge in [0.05, 0.1) is 31.5 Å². The lowest BCUT2D eigenvalue weighted by Crippen LogP contribution is -2.25. The molecule has 3 rings (SSSR count). The van der Waals surface area contributed by atoms with Crippen LogP contribution in [0.15, 0.2) is 46.8 Å². The van der Waals surface area contributed by atoms with Crippen molar-refractivity contribution in [2.24, 2.45) is 0 Å². The van der Waals surface area contributed by atoms with E-state index in [-0.39, 0.29) is 15.5 Å². The van der Waals surface area contributed by atoms with E-state index in [4.69, 9.17) is 19.3 Å². The summed E-state index contributed by atoms with van der Waals surface area (Å²) in [6.45, 7) is 0. The van der Waals surface area contributed by atoms with Crippen molar-refractivity contribution >= 4 is 29.0 Å². The Balaban J connectivity index is 1.76. The molecule has 3 aromatic rings. The molecule has 0 saturated heterocycles. The van der Waals surface area contributed by atoms with Gasteiger partial charge in [-0.1, -0.05) is 6.07 Å². The Labute approximate surface area is 192 Å². The number of nitriles is 1. The van der Waals surface area contributed by atoms with E-state index >= 15 is 0 Å². The Morgan fingerprint density at radius 2 is 2.03 bits per heavy atom. The Kier molecular flexibility index (Phi) is 7.36. The van der Waals surface area contributed by atoms with E-state index in [1.807, 2.05) is 4.72 Å².